The highest BCUT2D eigenvalue weighted by Gasteiger charge is 2.22. The minimum absolute atomic E-state index is 0.126. The van der Waals surface area contributed by atoms with Gasteiger partial charge in [0.15, 0.2) is 5.75 Å². The van der Waals surface area contributed by atoms with E-state index in [2.05, 4.69) is 10.5 Å². The predicted molar refractivity (Wildman–Crippen MR) is 141 cm³/mol. The second-order valence-corrected chi connectivity index (χ2v) is 9.71. The van der Waals surface area contributed by atoms with Crippen LogP contribution in [-0.2, 0) is 12.8 Å². The largest absolute Gasteiger partial charge is 0.490 e. The lowest BCUT2D eigenvalue weighted by Crippen LogP contribution is -2.23. The van der Waals surface area contributed by atoms with Gasteiger partial charge >= 0.3 is 5.69 Å². The lowest BCUT2D eigenvalue weighted by atomic mass is 9.97. The number of rotatable bonds is 6. The summed E-state index contributed by atoms with van der Waals surface area (Å²) < 4.78 is 6.53. The maximum atomic E-state index is 13.6. The number of aromatic nitrogens is 2. The van der Waals surface area contributed by atoms with Crippen molar-refractivity contribution in [2.75, 3.05) is 7.11 Å². The van der Waals surface area contributed by atoms with E-state index < -0.39 is 10.8 Å². The third kappa shape index (κ3) is 4.60. The van der Waals surface area contributed by atoms with Crippen molar-refractivity contribution in [3.8, 4) is 11.4 Å². The molecular weight excluding hydrogens is 494 g/mol. The summed E-state index contributed by atoms with van der Waals surface area (Å²) in [5.74, 6) is 0.186. The maximum absolute atomic E-state index is 13.6. The number of methoxy groups -OCH3 is 1. The number of hydrazone groups is 1. The van der Waals surface area contributed by atoms with Crippen LogP contribution in [-0.4, -0.2) is 33.7 Å². The average Bonchev–Trinajstić information content (AvgIpc) is 3.27. The summed E-state index contributed by atoms with van der Waals surface area (Å²) in [5.41, 5.74) is 4.46. The Kier molecular flexibility index (Phi) is 6.53. The predicted octanol–water partition coefficient (Wildman–Crippen LogP) is 4.32. The molecule has 188 valence electrons. The van der Waals surface area contributed by atoms with E-state index in [1.54, 1.807) is 53.2 Å². The van der Waals surface area contributed by atoms with Gasteiger partial charge in [0.1, 0.15) is 10.7 Å². The Balaban J connectivity index is 1.41. The topological polar surface area (TPSA) is 129 Å². The molecule has 0 unspecified atom stereocenters. The van der Waals surface area contributed by atoms with E-state index in [1.807, 2.05) is 0 Å². The highest BCUT2D eigenvalue weighted by atomic mass is 32.1. The molecule has 0 saturated carbocycles. The molecule has 2 aromatic carbocycles. The van der Waals surface area contributed by atoms with Gasteiger partial charge in [0.25, 0.3) is 11.5 Å². The summed E-state index contributed by atoms with van der Waals surface area (Å²) >= 11 is 1.60. The van der Waals surface area contributed by atoms with E-state index in [9.17, 15) is 19.7 Å². The van der Waals surface area contributed by atoms with Crippen molar-refractivity contribution < 1.29 is 14.5 Å². The molecule has 0 atom stereocenters. The number of fused-ring (bicyclic) bond motifs is 3. The van der Waals surface area contributed by atoms with Gasteiger partial charge < -0.3 is 4.74 Å². The van der Waals surface area contributed by atoms with Gasteiger partial charge in [-0.25, -0.2) is 10.4 Å². The number of thiophene rings is 1. The van der Waals surface area contributed by atoms with Gasteiger partial charge in [0.2, 0.25) is 0 Å². The number of ether oxygens (including phenoxy) is 1. The molecule has 11 heteroatoms. The molecule has 0 saturated heterocycles. The Morgan fingerprint density at radius 1 is 1.24 bits per heavy atom. The van der Waals surface area contributed by atoms with Crippen LogP contribution in [0.1, 0.15) is 45.0 Å². The van der Waals surface area contributed by atoms with E-state index in [-0.39, 0.29) is 17.0 Å². The van der Waals surface area contributed by atoms with Crippen LogP contribution in [0.3, 0.4) is 0 Å². The van der Waals surface area contributed by atoms with Gasteiger partial charge in [0.05, 0.1) is 29.3 Å². The zero-order chi connectivity index (χ0) is 26.1. The number of aryl methyl sites for hydroxylation is 3. The summed E-state index contributed by atoms with van der Waals surface area (Å²) in [5, 5.41) is 15.8. The van der Waals surface area contributed by atoms with Crippen LogP contribution in [0, 0.1) is 17.0 Å². The number of benzene rings is 2. The molecule has 1 aliphatic rings. The number of nitrogens with one attached hydrogen (secondary N) is 1. The number of nitro benzene ring substituents is 1. The Morgan fingerprint density at radius 2 is 2.05 bits per heavy atom. The fourth-order valence-electron chi connectivity index (χ4n) is 4.56. The second-order valence-electron chi connectivity index (χ2n) is 8.63. The van der Waals surface area contributed by atoms with Crippen LogP contribution < -0.4 is 15.7 Å². The first-order valence-corrected chi connectivity index (χ1v) is 12.5. The van der Waals surface area contributed by atoms with Gasteiger partial charge in [-0.05, 0) is 68.5 Å². The quantitative estimate of drug-likeness (QED) is 0.230. The van der Waals surface area contributed by atoms with Gasteiger partial charge in [-0.1, -0.05) is 6.07 Å². The molecule has 0 radical (unpaired) electrons. The van der Waals surface area contributed by atoms with Crippen molar-refractivity contribution in [1.29, 1.82) is 0 Å². The third-order valence-electron chi connectivity index (χ3n) is 6.30. The van der Waals surface area contributed by atoms with Gasteiger partial charge in [-0.2, -0.15) is 5.10 Å². The smallest absolute Gasteiger partial charge is 0.311 e. The lowest BCUT2D eigenvalue weighted by Gasteiger charge is -2.12. The molecule has 1 amide bonds. The van der Waals surface area contributed by atoms with E-state index >= 15 is 0 Å². The Morgan fingerprint density at radius 3 is 2.84 bits per heavy atom. The number of nitro groups is 1. The Labute approximate surface area is 215 Å². The SMILES string of the molecule is COc1ccc(/C=N/NC(=O)c2cccc(-n3c(C)nc4sc5c(c4c3=O)CCCC5)c2)cc1[N+](=O)[O-]. The summed E-state index contributed by atoms with van der Waals surface area (Å²) in [7, 11) is 1.35. The molecule has 2 aromatic heterocycles. The van der Waals surface area contributed by atoms with E-state index in [0.717, 1.165) is 36.1 Å². The first-order valence-electron chi connectivity index (χ1n) is 11.7. The van der Waals surface area contributed by atoms with E-state index in [1.165, 1.54) is 30.3 Å². The molecule has 10 nitrogen and oxygen atoms in total. The first kappa shape index (κ1) is 24.3. The molecular formula is C26H23N5O5S. The van der Waals surface area contributed by atoms with Crippen LogP contribution in [0.15, 0.2) is 52.4 Å². The van der Waals surface area contributed by atoms with Crippen LogP contribution in [0.4, 0.5) is 5.69 Å². The van der Waals surface area contributed by atoms with Gasteiger partial charge in [-0.15, -0.1) is 11.3 Å². The summed E-state index contributed by atoms with van der Waals surface area (Å²) in [6, 6.07) is 11.0. The highest BCUT2D eigenvalue weighted by molar-refractivity contribution is 7.18. The summed E-state index contributed by atoms with van der Waals surface area (Å²) in [4.78, 5) is 43.7. The molecule has 0 aliphatic heterocycles. The monoisotopic (exact) mass is 517 g/mol. The van der Waals surface area contributed by atoms with Crippen LogP contribution in [0.25, 0.3) is 15.9 Å². The van der Waals surface area contributed by atoms with Crippen LogP contribution >= 0.6 is 11.3 Å². The number of carbonyl (C=O) groups excluding carboxylic acids is 1. The average molecular weight is 518 g/mol. The molecule has 4 aromatic rings. The summed E-state index contributed by atoms with van der Waals surface area (Å²) in [6.45, 7) is 1.78. The second kappa shape index (κ2) is 9.94. The van der Waals surface area contributed by atoms with Crippen molar-refractivity contribution in [3.63, 3.8) is 0 Å². The molecule has 2 heterocycles. The molecule has 0 fully saturated rings. The third-order valence-corrected chi connectivity index (χ3v) is 7.49. The fourth-order valence-corrected chi connectivity index (χ4v) is 5.85. The molecule has 1 N–H and O–H groups in total. The van der Waals surface area contributed by atoms with Crippen LogP contribution in [0.2, 0.25) is 0 Å². The fraction of sp³-hybridized carbons (Fsp3) is 0.231. The van der Waals surface area contributed by atoms with Crippen molar-refractivity contribution in [2.24, 2.45) is 5.10 Å². The lowest BCUT2D eigenvalue weighted by molar-refractivity contribution is -0.385. The van der Waals surface area contributed by atoms with Crippen LogP contribution in [0.5, 0.6) is 5.75 Å². The Hall–Kier alpha value is -4.38. The number of hydrogen-bond donors (Lipinski definition) is 1. The number of carbonyl (C=O) groups is 1. The standard InChI is InChI=1S/C26H23N5O5S/c1-15-28-25-23(19-8-3-4-9-22(19)37-25)26(33)30(15)18-7-5-6-17(13-18)24(32)29-27-14-16-10-11-21(36-2)20(12-16)31(34)35/h5-7,10-14H,3-4,8-9H2,1-2H3,(H,29,32)/b27-14+. The zero-order valence-corrected chi connectivity index (χ0v) is 21.0. The number of hydrogen-bond acceptors (Lipinski definition) is 8. The molecule has 0 bridgehead atoms. The van der Waals surface area contributed by atoms with Gasteiger partial charge in [0, 0.05) is 22.1 Å². The van der Waals surface area contributed by atoms with Crippen molar-refractivity contribution in [3.05, 3.63) is 90.3 Å². The molecule has 5 rings (SSSR count). The van der Waals surface area contributed by atoms with Crippen molar-refractivity contribution in [1.82, 2.24) is 15.0 Å². The highest BCUT2D eigenvalue weighted by Crippen LogP contribution is 2.34. The van der Waals surface area contributed by atoms with E-state index in [4.69, 9.17) is 9.72 Å². The van der Waals surface area contributed by atoms with Crippen molar-refractivity contribution in [2.45, 2.75) is 32.6 Å². The molecule has 1 aliphatic carbocycles. The normalized spacial score (nSPS) is 13.0. The Bertz CT molecular complexity index is 1640. The number of nitrogens with zero attached hydrogens (tertiary/aromatic N) is 4. The maximum Gasteiger partial charge on any atom is 0.311 e. The minimum atomic E-state index is -0.553. The zero-order valence-electron chi connectivity index (χ0n) is 20.2. The first-order chi connectivity index (χ1) is 17.9. The molecule has 37 heavy (non-hydrogen) atoms. The summed E-state index contributed by atoms with van der Waals surface area (Å²) in [6.07, 6.45) is 5.36. The minimum Gasteiger partial charge on any atom is -0.490 e. The van der Waals surface area contributed by atoms with E-state index in [0.29, 0.717) is 28.0 Å². The van der Waals surface area contributed by atoms with Gasteiger partial charge in [-0.3, -0.25) is 24.3 Å². The molecule has 0 spiro atoms. The number of amides is 1. The van der Waals surface area contributed by atoms with Crippen molar-refractivity contribution >= 4 is 39.4 Å².